The number of rotatable bonds is 4. The van der Waals surface area contributed by atoms with Crippen molar-refractivity contribution in [3.05, 3.63) is 35.9 Å². The summed E-state index contributed by atoms with van der Waals surface area (Å²) in [4.78, 5) is 13.0. The quantitative estimate of drug-likeness (QED) is 0.778. The molecule has 0 aliphatic carbocycles. The van der Waals surface area contributed by atoms with Crippen LogP contribution in [0.5, 0.6) is 0 Å². The maximum atomic E-state index is 14.6. The van der Waals surface area contributed by atoms with Crippen LogP contribution in [0.25, 0.3) is 0 Å². The Morgan fingerprint density at radius 3 is 2.68 bits per heavy atom. The Labute approximate surface area is 114 Å². The second kappa shape index (κ2) is 5.83. The van der Waals surface area contributed by atoms with Crippen LogP contribution in [-0.4, -0.2) is 29.9 Å². The first-order valence-corrected chi connectivity index (χ1v) is 6.93. The van der Waals surface area contributed by atoms with E-state index in [2.05, 4.69) is 17.0 Å². The highest BCUT2D eigenvalue weighted by Crippen LogP contribution is 2.37. The van der Waals surface area contributed by atoms with Gasteiger partial charge >= 0.3 is 0 Å². The first kappa shape index (κ1) is 14.2. The van der Waals surface area contributed by atoms with E-state index in [1.807, 2.05) is 25.1 Å². The Balaban J connectivity index is 2.06. The standard InChI is InChI=1S/C16H22FNO/c1-13-10-18(11-14-6-4-3-5-7-14)12-15(8-9-19)16(13,2)17/h3-7,9,13,15H,8,10-12H2,1-2H3. The van der Waals surface area contributed by atoms with Gasteiger partial charge in [0, 0.05) is 37.9 Å². The maximum Gasteiger partial charge on any atom is 0.120 e. The van der Waals surface area contributed by atoms with Crippen molar-refractivity contribution in [3.63, 3.8) is 0 Å². The van der Waals surface area contributed by atoms with Crippen molar-refractivity contribution < 1.29 is 9.18 Å². The third kappa shape index (κ3) is 3.21. The van der Waals surface area contributed by atoms with E-state index in [0.29, 0.717) is 13.0 Å². The SMILES string of the molecule is CC1CN(Cc2ccccc2)CC(CC=O)C1(C)F. The van der Waals surface area contributed by atoms with Crippen LogP contribution >= 0.6 is 0 Å². The van der Waals surface area contributed by atoms with Gasteiger partial charge in [0.25, 0.3) is 0 Å². The minimum atomic E-state index is -1.24. The molecule has 1 heterocycles. The Morgan fingerprint density at radius 2 is 2.05 bits per heavy atom. The normalized spacial score (nSPS) is 32.2. The molecule has 1 saturated heterocycles. The lowest BCUT2D eigenvalue weighted by molar-refractivity contribution is -0.112. The number of piperidine rings is 1. The van der Waals surface area contributed by atoms with Gasteiger partial charge in [-0.3, -0.25) is 4.90 Å². The van der Waals surface area contributed by atoms with Crippen LogP contribution in [0.4, 0.5) is 4.39 Å². The zero-order chi connectivity index (χ0) is 13.9. The van der Waals surface area contributed by atoms with Crippen LogP contribution in [0.2, 0.25) is 0 Å². The lowest BCUT2D eigenvalue weighted by Crippen LogP contribution is -2.53. The van der Waals surface area contributed by atoms with Crippen LogP contribution in [0.1, 0.15) is 25.8 Å². The summed E-state index contributed by atoms with van der Waals surface area (Å²) in [6, 6.07) is 10.2. The van der Waals surface area contributed by atoms with Crippen LogP contribution in [0.3, 0.4) is 0 Å². The molecule has 2 rings (SSSR count). The number of aldehydes is 1. The molecule has 0 saturated carbocycles. The van der Waals surface area contributed by atoms with Gasteiger partial charge in [-0.05, 0) is 12.5 Å². The predicted molar refractivity (Wildman–Crippen MR) is 74.6 cm³/mol. The van der Waals surface area contributed by atoms with Crippen molar-refractivity contribution in [1.29, 1.82) is 0 Å². The fourth-order valence-electron chi connectivity index (χ4n) is 2.92. The fraction of sp³-hybridized carbons (Fsp3) is 0.562. The summed E-state index contributed by atoms with van der Waals surface area (Å²) in [5.74, 6) is -0.243. The van der Waals surface area contributed by atoms with E-state index in [9.17, 15) is 9.18 Å². The zero-order valence-corrected chi connectivity index (χ0v) is 11.7. The molecule has 3 heteroatoms. The zero-order valence-electron chi connectivity index (χ0n) is 11.7. The molecule has 0 bridgehead atoms. The molecule has 0 amide bonds. The molecule has 0 aromatic heterocycles. The van der Waals surface area contributed by atoms with Crippen molar-refractivity contribution in [3.8, 4) is 0 Å². The summed E-state index contributed by atoms with van der Waals surface area (Å²) in [6.07, 6.45) is 1.16. The van der Waals surface area contributed by atoms with Crippen LogP contribution in [0.15, 0.2) is 30.3 Å². The van der Waals surface area contributed by atoms with E-state index in [0.717, 1.165) is 19.4 Å². The van der Waals surface area contributed by atoms with Crippen LogP contribution in [0, 0.1) is 11.8 Å². The lowest BCUT2D eigenvalue weighted by Gasteiger charge is -2.45. The number of carbonyl (C=O) groups excluding carboxylic acids is 1. The predicted octanol–water partition coefficient (Wildman–Crippen LogP) is 3.07. The number of likely N-dealkylation sites (tertiary alicyclic amines) is 1. The van der Waals surface area contributed by atoms with E-state index in [4.69, 9.17) is 0 Å². The minimum Gasteiger partial charge on any atom is -0.303 e. The van der Waals surface area contributed by atoms with Gasteiger partial charge in [0.1, 0.15) is 12.0 Å². The van der Waals surface area contributed by atoms with E-state index >= 15 is 0 Å². The molecule has 1 fully saturated rings. The summed E-state index contributed by atoms with van der Waals surface area (Å²) in [7, 11) is 0. The van der Waals surface area contributed by atoms with Crippen molar-refractivity contribution >= 4 is 6.29 Å². The molecular formula is C16H22FNO. The van der Waals surface area contributed by atoms with Crippen molar-refractivity contribution in [2.75, 3.05) is 13.1 Å². The lowest BCUT2D eigenvalue weighted by atomic mass is 9.75. The first-order chi connectivity index (χ1) is 9.04. The Kier molecular flexibility index (Phi) is 4.35. The summed E-state index contributed by atoms with van der Waals surface area (Å²) < 4.78 is 14.6. The first-order valence-electron chi connectivity index (χ1n) is 6.93. The smallest absolute Gasteiger partial charge is 0.120 e. The highest BCUT2D eigenvalue weighted by molar-refractivity contribution is 5.50. The second-order valence-electron chi connectivity index (χ2n) is 5.83. The summed E-state index contributed by atoms with van der Waals surface area (Å²) >= 11 is 0. The third-order valence-electron chi connectivity index (χ3n) is 4.40. The average molecular weight is 263 g/mol. The van der Waals surface area contributed by atoms with Gasteiger partial charge in [-0.15, -0.1) is 0 Å². The molecule has 1 aromatic rings. The molecule has 104 valence electrons. The van der Waals surface area contributed by atoms with E-state index in [1.165, 1.54) is 5.56 Å². The highest BCUT2D eigenvalue weighted by Gasteiger charge is 2.44. The monoisotopic (exact) mass is 263 g/mol. The Hall–Kier alpha value is -1.22. The molecular weight excluding hydrogens is 241 g/mol. The fourth-order valence-corrected chi connectivity index (χ4v) is 2.92. The van der Waals surface area contributed by atoms with Gasteiger partial charge in [-0.1, -0.05) is 37.3 Å². The molecule has 0 radical (unpaired) electrons. The average Bonchev–Trinajstić information content (AvgIpc) is 2.37. The molecule has 1 aromatic carbocycles. The molecule has 3 atom stereocenters. The van der Waals surface area contributed by atoms with E-state index < -0.39 is 5.67 Å². The maximum absolute atomic E-state index is 14.6. The van der Waals surface area contributed by atoms with Crippen molar-refractivity contribution in [1.82, 2.24) is 4.90 Å². The Bertz CT molecular complexity index is 418. The number of benzene rings is 1. The Morgan fingerprint density at radius 1 is 1.37 bits per heavy atom. The van der Waals surface area contributed by atoms with Crippen molar-refractivity contribution in [2.45, 2.75) is 32.5 Å². The van der Waals surface area contributed by atoms with Gasteiger partial charge in [0.05, 0.1) is 0 Å². The van der Waals surface area contributed by atoms with Gasteiger partial charge in [0.2, 0.25) is 0 Å². The van der Waals surface area contributed by atoms with Crippen molar-refractivity contribution in [2.24, 2.45) is 11.8 Å². The second-order valence-corrected chi connectivity index (χ2v) is 5.83. The molecule has 2 nitrogen and oxygen atoms in total. The van der Waals surface area contributed by atoms with E-state index in [-0.39, 0.29) is 11.8 Å². The molecule has 0 N–H and O–H groups in total. The number of alkyl halides is 1. The minimum absolute atomic E-state index is 0.0464. The molecule has 3 unspecified atom stereocenters. The topological polar surface area (TPSA) is 20.3 Å². The number of hydrogen-bond acceptors (Lipinski definition) is 2. The molecule has 1 aliphatic rings. The summed E-state index contributed by atoms with van der Waals surface area (Å²) in [6.45, 7) is 5.82. The van der Waals surface area contributed by atoms with Gasteiger partial charge in [-0.2, -0.15) is 0 Å². The van der Waals surface area contributed by atoms with Crippen LogP contribution in [-0.2, 0) is 11.3 Å². The van der Waals surface area contributed by atoms with Crippen LogP contribution < -0.4 is 0 Å². The van der Waals surface area contributed by atoms with Gasteiger partial charge in [0.15, 0.2) is 0 Å². The third-order valence-corrected chi connectivity index (χ3v) is 4.40. The van der Waals surface area contributed by atoms with Gasteiger partial charge < -0.3 is 4.79 Å². The number of carbonyl (C=O) groups is 1. The van der Waals surface area contributed by atoms with Gasteiger partial charge in [-0.25, -0.2) is 4.39 Å². The molecule has 0 spiro atoms. The number of nitrogens with zero attached hydrogens (tertiary/aromatic N) is 1. The summed E-state index contributed by atoms with van der Waals surface area (Å²) in [5, 5.41) is 0. The highest BCUT2D eigenvalue weighted by atomic mass is 19.1. The number of halogens is 1. The molecule has 19 heavy (non-hydrogen) atoms. The summed E-state index contributed by atoms with van der Waals surface area (Å²) in [5.41, 5.74) is -0.00399. The molecule has 1 aliphatic heterocycles. The van der Waals surface area contributed by atoms with E-state index in [1.54, 1.807) is 6.92 Å². The largest absolute Gasteiger partial charge is 0.303 e. The number of hydrogen-bond donors (Lipinski definition) is 0.